The van der Waals surface area contributed by atoms with Gasteiger partial charge in [0.2, 0.25) is 53.2 Å². The van der Waals surface area contributed by atoms with Gasteiger partial charge < -0.3 is 79.3 Å². The summed E-state index contributed by atoms with van der Waals surface area (Å²) >= 11 is 1.45. The first-order valence-corrected chi connectivity index (χ1v) is 33.9. The molecule has 11 amide bonds. The molecule has 1 aliphatic rings. The molecule has 3 aromatic rings. The number of rotatable bonds is 39. The van der Waals surface area contributed by atoms with Crippen molar-refractivity contribution < 1.29 is 86.9 Å². The van der Waals surface area contributed by atoms with Crippen LogP contribution in [0.3, 0.4) is 0 Å². The zero-order valence-corrected chi connectivity index (χ0v) is 58.2. The van der Waals surface area contributed by atoms with E-state index in [1.54, 1.807) is 63.9 Å². The van der Waals surface area contributed by atoms with Crippen LogP contribution in [0, 0.1) is 11.8 Å². The van der Waals surface area contributed by atoms with Crippen molar-refractivity contribution in [2.24, 2.45) is 23.3 Å². The van der Waals surface area contributed by atoms with E-state index in [9.17, 15) is 82.4 Å². The number of nitrogens with two attached hydrogens (primary N) is 2. The third-order valence-corrected chi connectivity index (χ3v) is 16.9. The van der Waals surface area contributed by atoms with Crippen LogP contribution in [-0.4, -0.2) is 297 Å². The number of para-hydroxylation sites is 1. The summed E-state index contributed by atoms with van der Waals surface area (Å²) < 4.78 is -0.604. The number of nitrogens with zero attached hydrogens (tertiary/aromatic N) is 6. The number of likely N-dealkylation sites (N-methyl/N-ethyl adjacent to an activating group) is 1. The Morgan fingerprint density at radius 1 is 0.586 bits per heavy atom. The van der Waals surface area contributed by atoms with Crippen molar-refractivity contribution in [1.82, 2.24) is 77.1 Å². The molecule has 0 unspecified atom stereocenters. The average Bonchev–Trinajstić information content (AvgIpc) is 1.73. The number of amides is 11. The maximum Gasteiger partial charge on any atom is 0.327 e. The quantitative estimate of drug-likeness (QED) is 0.0239. The van der Waals surface area contributed by atoms with Crippen molar-refractivity contribution in [2.75, 3.05) is 118 Å². The number of primary amides is 2. The molecule has 35 nitrogen and oxygen atoms in total. The van der Waals surface area contributed by atoms with Gasteiger partial charge in [0.05, 0.1) is 46.6 Å². The van der Waals surface area contributed by atoms with Crippen LogP contribution in [0.25, 0.3) is 10.9 Å². The normalized spacial score (nSPS) is 16.0. The number of benzene rings is 1. The minimum atomic E-state index is -1.54. The molecule has 0 spiro atoms. The highest BCUT2D eigenvalue weighted by molar-refractivity contribution is 7.98. The maximum absolute atomic E-state index is 14.5. The van der Waals surface area contributed by atoms with Crippen molar-refractivity contribution in [1.29, 1.82) is 0 Å². The summed E-state index contributed by atoms with van der Waals surface area (Å²) in [6.07, 6.45) is 5.54. The SMILES string of the molecule is CSCC[C@H](NC(=O)[C@H](CC(C)C)NC(=O)[C@H](Cc1cnc[nH]1)NC(=O)CNC(=O)[C@@H](NC(=O)[C@H](C)NC(=O)[C@H](Cc1c[nH]c2ccccc12)NC(=O)[C@H](CCC(N)=O)NC(=O)C[N+](C)(C)C(=O)CN1CCN(CC(=O)O)CCN(CC(=O)O)CCN(CC(=O)O)CC1)C(C)C)C(N)=O. The molecule has 0 radical (unpaired) electrons. The van der Waals surface area contributed by atoms with Gasteiger partial charge in [0.25, 0.3) is 5.91 Å². The number of hydrogen-bond donors (Lipinski definition) is 15. The van der Waals surface area contributed by atoms with Gasteiger partial charge in [0.15, 0.2) is 6.54 Å². The Bertz CT molecular complexity index is 3240. The highest BCUT2D eigenvalue weighted by Gasteiger charge is 2.37. The Morgan fingerprint density at radius 2 is 1.09 bits per heavy atom. The van der Waals surface area contributed by atoms with E-state index in [-0.39, 0.29) is 103 Å². The molecule has 1 aromatic carbocycles. The summed E-state index contributed by atoms with van der Waals surface area (Å²) in [5.41, 5.74) is 12.8. The van der Waals surface area contributed by atoms with Crippen LogP contribution in [0.15, 0.2) is 43.0 Å². The summed E-state index contributed by atoms with van der Waals surface area (Å²) in [4.78, 5) is 202. The number of thioether (sulfide) groups is 1. The smallest absolute Gasteiger partial charge is 0.327 e. The van der Waals surface area contributed by atoms with Crippen molar-refractivity contribution in [3.05, 3.63) is 54.2 Å². The molecule has 2 aromatic heterocycles. The van der Waals surface area contributed by atoms with Crippen LogP contribution in [0.2, 0.25) is 0 Å². The molecule has 7 atom stereocenters. The lowest BCUT2D eigenvalue weighted by atomic mass is 10.0. The molecule has 99 heavy (non-hydrogen) atoms. The number of hydrogen-bond acceptors (Lipinski definition) is 20. The minimum Gasteiger partial charge on any atom is -0.480 e. The number of carbonyl (C=O) groups is 14. The first kappa shape index (κ1) is 82.3. The Labute approximate surface area is 578 Å². The zero-order chi connectivity index (χ0) is 73.7. The predicted molar refractivity (Wildman–Crippen MR) is 362 cm³/mol. The molecular formula is C63H99N18O17S+. The number of imidazole rings is 1. The summed E-state index contributed by atoms with van der Waals surface area (Å²) in [5, 5.41) is 50.4. The number of carboxylic acid groups (broad SMARTS) is 3. The number of quaternary nitrogens is 1. The van der Waals surface area contributed by atoms with E-state index in [4.69, 9.17) is 11.5 Å². The number of aromatic nitrogens is 3. The van der Waals surface area contributed by atoms with Crippen LogP contribution < -0.4 is 54.0 Å². The van der Waals surface area contributed by atoms with E-state index in [0.29, 0.717) is 27.9 Å². The Balaban J connectivity index is 1.49. The van der Waals surface area contributed by atoms with Gasteiger partial charge in [-0.05, 0) is 61.7 Å². The Kier molecular flexibility index (Phi) is 33.8. The van der Waals surface area contributed by atoms with Gasteiger partial charge in [-0.1, -0.05) is 45.9 Å². The van der Waals surface area contributed by atoms with Gasteiger partial charge in [-0.25, -0.2) is 9.78 Å². The van der Waals surface area contributed by atoms with Crippen LogP contribution >= 0.6 is 11.8 Å². The Hall–Kier alpha value is -9.10. The van der Waals surface area contributed by atoms with Gasteiger partial charge in [-0.3, -0.25) is 86.4 Å². The Morgan fingerprint density at radius 3 is 1.61 bits per heavy atom. The largest absolute Gasteiger partial charge is 0.480 e. The summed E-state index contributed by atoms with van der Waals surface area (Å²) in [5.74, 6) is -12.3. The third kappa shape index (κ3) is 29.5. The molecule has 548 valence electrons. The van der Waals surface area contributed by atoms with Crippen molar-refractivity contribution in [2.45, 2.75) is 115 Å². The first-order chi connectivity index (χ1) is 46.6. The highest BCUT2D eigenvalue weighted by atomic mass is 32.2. The monoisotopic (exact) mass is 1410 g/mol. The van der Waals surface area contributed by atoms with Gasteiger partial charge in [-0.15, -0.1) is 0 Å². The number of nitrogens with one attached hydrogen (secondary N) is 10. The summed E-state index contributed by atoms with van der Waals surface area (Å²) in [6, 6.07) is -2.11. The molecule has 0 aliphatic carbocycles. The third-order valence-electron chi connectivity index (χ3n) is 16.3. The number of fused-ring (bicyclic) bond motifs is 1. The van der Waals surface area contributed by atoms with Gasteiger partial charge in [0, 0.05) is 101 Å². The van der Waals surface area contributed by atoms with Gasteiger partial charge in [0.1, 0.15) is 48.8 Å². The van der Waals surface area contributed by atoms with Crippen molar-refractivity contribution in [3.63, 3.8) is 0 Å². The topological polar surface area (TPSA) is 505 Å². The number of aliphatic carboxylic acids is 3. The first-order valence-electron chi connectivity index (χ1n) is 32.5. The van der Waals surface area contributed by atoms with Crippen LogP contribution in [0.1, 0.15) is 71.6 Å². The second kappa shape index (κ2) is 40.7. The van der Waals surface area contributed by atoms with Crippen LogP contribution in [-0.2, 0) is 80.0 Å². The van der Waals surface area contributed by atoms with Gasteiger partial charge >= 0.3 is 23.8 Å². The highest BCUT2D eigenvalue weighted by Crippen LogP contribution is 2.20. The zero-order valence-electron chi connectivity index (χ0n) is 57.4. The van der Waals surface area contributed by atoms with E-state index in [0.717, 1.165) is 0 Å². The lowest BCUT2D eigenvalue weighted by Gasteiger charge is -2.34. The van der Waals surface area contributed by atoms with E-state index in [1.165, 1.54) is 45.3 Å². The maximum atomic E-state index is 14.5. The number of carbonyl (C=O) groups excluding carboxylic acids is 11. The average molecular weight is 1410 g/mol. The van der Waals surface area contributed by atoms with E-state index in [1.807, 2.05) is 20.1 Å². The number of H-pyrrole nitrogens is 2. The molecule has 4 rings (SSSR count). The summed E-state index contributed by atoms with van der Waals surface area (Å²) in [6.45, 7) is 6.56. The fraction of sp³-hybridized carbons (Fsp3) is 0.603. The second-order valence-corrected chi connectivity index (χ2v) is 26.8. The molecule has 17 N–H and O–H groups in total. The molecule has 1 saturated heterocycles. The summed E-state index contributed by atoms with van der Waals surface area (Å²) in [7, 11) is 2.88. The fourth-order valence-corrected chi connectivity index (χ4v) is 11.2. The molecule has 1 aliphatic heterocycles. The van der Waals surface area contributed by atoms with Gasteiger partial charge in [-0.2, -0.15) is 11.8 Å². The van der Waals surface area contributed by atoms with E-state index < -0.39 is 168 Å². The molecule has 1 fully saturated rings. The van der Waals surface area contributed by atoms with E-state index >= 15 is 0 Å². The fourth-order valence-electron chi connectivity index (χ4n) is 10.7. The molecule has 36 heteroatoms. The van der Waals surface area contributed by atoms with Crippen LogP contribution in [0.5, 0.6) is 0 Å². The molecular weight excluding hydrogens is 1310 g/mol. The number of carboxylic acids is 3. The van der Waals surface area contributed by atoms with Crippen molar-refractivity contribution >= 4 is 106 Å². The molecule has 0 bridgehead atoms. The lowest BCUT2D eigenvalue weighted by molar-refractivity contribution is -0.805. The van der Waals surface area contributed by atoms with Crippen LogP contribution in [0.4, 0.5) is 0 Å². The lowest BCUT2D eigenvalue weighted by Crippen LogP contribution is -2.60. The van der Waals surface area contributed by atoms with E-state index in [2.05, 4.69) is 57.5 Å². The number of aromatic amines is 2. The molecule has 3 heterocycles. The minimum absolute atomic E-state index is 0.109. The van der Waals surface area contributed by atoms with Crippen molar-refractivity contribution in [3.8, 4) is 0 Å². The molecule has 0 saturated carbocycles. The second-order valence-electron chi connectivity index (χ2n) is 25.8. The standard InChI is InChI=1S/C63H98N18O17S/c1-37(2)25-46(61(96)73-44(57(65)92)15-24-99-8)74-62(97)48(27-41-29-66-36-69-41)72-50(83)30-68-63(98)56(38(3)4)76-58(93)39(5)70-60(95)47(26-40-28-67-43-12-10-9-11-42(40)43)75-59(94)45(13-14-49(64)82)71-51(84)35-81(6,7)52(85)31-77-16-18-78(32-53(86)87)20-22-80(34-55(90)91)23-21-79(19-17-77)33-54(88)89/h9-12,28-29,36-39,44-48,56,67H,13-27,30-35H2,1-8H3,(H15-,64,65,66,68,69,70,71,72,73,74,75,76,82,83,84,86,87,88,89,90,91,92,93,94,95,96,97,98)/p+1/t39-,44-,45-,46-,47-,48-,56-/m0/s1. The predicted octanol–water partition coefficient (Wildman–Crippen LogP) is -4.51.